The second-order valence-electron chi connectivity index (χ2n) is 8.51. The molecule has 9 heteroatoms. The zero-order valence-corrected chi connectivity index (χ0v) is 23.4. The van der Waals surface area contributed by atoms with Crippen LogP contribution >= 0.6 is 11.3 Å². The summed E-state index contributed by atoms with van der Waals surface area (Å²) in [6, 6.07) is 12.2. The minimum Gasteiger partial charge on any atom is -0.490 e. The van der Waals surface area contributed by atoms with Gasteiger partial charge in [-0.1, -0.05) is 48.3 Å². The molecule has 204 valence electrons. The van der Waals surface area contributed by atoms with Crippen molar-refractivity contribution in [3.63, 3.8) is 0 Å². The summed E-state index contributed by atoms with van der Waals surface area (Å²) in [5.74, 6) is 1.24. The van der Waals surface area contributed by atoms with Crippen LogP contribution in [0.4, 0.5) is 0 Å². The normalized spacial score (nSPS) is 14.9. The molecule has 0 unspecified atom stereocenters. The Morgan fingerprint density at radius 2 is 1.77 bits per heavy atom. The largest absolute Gasteiger partial charge is 0.490 e. The predicted molar refractivity (Wildman–Crippen MR) is 151 cm³/mol. The molecular formula is C30H32N2O6S. The second-order valence-corrected chi connectivity index (χ2v) is 9.52. The van der Waals surface area contributed by atoms with Crippen LogP contribution < -0.4 is 29.1 Å². The maximum Gasteiger partial charge on any atom is 0.338 e. The standard InChI is InChI=1S/C30H32N2O6S/c1-6-16-38-22-13-11-10-12-20(22)18-25-28(33)32-27(21-14-15-23(35-7-2)24(17-21)36-8-3)26(29(34)37-9-4)19(5)31-30(32)39-25/h6,10-15,17-18,27H,1,7-9,16H2,2-5H3/b25-18-/t27-/m0/s1. The van der Waals surface area contributed by atoms with E-state index < -0.39 is 12.0 Å². The van der Waals surface area contributed by atoms with Crippen LogP contribution in [0.15, 0.2) is 76.2 Å². The van der Waals surface area contributed by atoms with Gasteiger partial charge >= 0.3 is 5.97 Å². The van der Waals surface area contributed by atoms with Crippen molar-refractivity contribution in [1.29, 1.82) is 0 Å². The molecule has 0 bridgehead atoms. The van der Waals surface area contributed by atoms with Crippen molar-refractivity contribution in [2.24, 2.45) is 4.99 Å². The van der Waals surface area contributed by atoms with E-state index in [1.165, 1.54) is 11.3 Å². The first kappa shape index (κ1) is 27.9. The zero-order chi connectivity index (χ0) is 27.9. The number of aromatic nitrogens is 1. The molecule has 1 aliphatic heterocycles. The minimum absolute atomic E-state index is 0.196. The van der Waals surface area contributed by atoms with Crippen molar-refractivity contribution in [3.8, 4) is 17.2 Å². The maximum absolute atomic E-state index is 13.9. The summed E-state index contributed by atoms with van der Waals surface area (Å²) in [6.07, 6.45) is 3.45. The number of hydrogen-bond donors (Lipinski definition) is 0. The van der Waals surface area contributed by atoms with Crippen molar-refractivity contribution >= 4 is 23.4 Å². The number of fused-ring (bicyclic) bond motifs is 1. The Bertz CT molecular complexity index is 1580. The number of esters is 1. The summed E-state index contributed by atoms with van der Waals surface area (Å²) in [5, 5.41) is 0. The molecule has 2 heterocycles. The highest BCUT2D eigenvalue weighted by atomic mass is 32.1. The number of benzene rings is 2. The molecule has 8 nitrogen and oxygen atoms in total. The predicted octanol–water partition coefficient (Wildman–Crippen LogP) is 4.16. The number of rotatable bonds is 11. The van der Waals surface area contributed by atoms with E-state index >= 15 is 0 Å². The molecule has 0 radical (unpaired) electrons. The van der Waals surface area contributed by atoms with E-state index in [4.69, 9.17) is 18.9 Å². The summed E-state index contributed by atoms with van der Waals surface area (Å²) in [4.78, 5) is 32.3. The Morgan fingerprint density at radius 1 is 1.03 bits per heavy atom. The van der Waals surface area contributed by atoms with Crippen molar-refractivity contribution < 1.29 is 23.7 Å². The number of carbonyl (C=O) groups excluding carboxylic acids is 1. The lowest BCUT2D eigenvalue weighted by atomic mass is 9.95. The van der Waals surface area contributed by atoms with Gasteiger partial charge in [0.05, 0.1) is 41.7 Å². The third-order valence-electron chi connectivity index (χ3n) is 5.96. The minimum atomic E-state index is -0.760. The lowest BCUT2D eigenvalue weighted by Crippen LogP contribution is -2.40. The van der Waals surface area contributed by atoms with Gasteiger partial charge in [-0.25, -0.2) is 9.79 Å². The number of carbonyl (C=O) groups is 1. The molecule has 0 saturated heterocycles. The summed E-state index contributed by atoms with van der Waals surface area (Å²) in [7, 11) is 0. The Morgan fingerprint density at radius 3 is 2.49 bits per heavy atom. The first-order valence-electron chi connectivity index (χ1n) is 12.8. The lowest BCUT2D eigenvalue weighted by molar-refractivity contribution is -0.139. The highest BCUT2D eigenvalue weighted by Crippen LogP contribution is 2.36. The average Bonchev–Trinajstić information content (AvgIpc) is 3.22. The Kier molecular flexibility index (Phi) is 9.03. The van der Waals surface area contributed by atoms with E-state index in [0.717, 1.165) is 5.56 Å². The Balaban J connectivity index is 1.94. The summed E-state index contributed by atoms with van der Waals surface area (Å²) < 4.78 is 24.8. The van der Waals surface area contributed by atoms with Crippen LogP contribution in [0.2, 0.25) is 0 Å². The van der Waals surface area contributed by atoms with Gasteiger partial charge in [-0.3, -0.25) is 9.36 Å². The van der Waals surface area contributed by atoms with Gasteiger partial charge in [0.1, 0.15) is 12.4 Å². The molecule has 1 aromatic heterocycles. The van der Waals surface area contributed by atoms with Crippen LogP contribution in [0.1, 0.15) is 44.9 Å². The molecule has 0 spiro atoms. The van der Waals surface area contributed by atoms with Crippen LogP contribution in [0.25, 0.3) is 6.08 Å². The smallest absolute Gasteiger partial charge is 0.338 e. The molecule has 2 aromatic carbocycles. The number of thiazole rings is 1. The zero-order valence-electron chi connectivity index (χ0n) is 22.6. The molecule has 1 aliphatic rings. The molecule has 4 rings (SSSR count). The topological polar surface area (TPSA) is 88.3 Å². The number of hydrogen-bond acceptors (Lipinski definition) is 8. The van der Waals surface area contributed by atoms with Crippen molar-refractivity contribution in [3.05, 3.63) is 97.2 Å². The summed E-state index contributed by atoms with van der Waals surface area (Å²) in [6.45, 7) is 12.4. The molecule has 3 aromatic rings. The van der Waals surface area contributed by atoms with Crippen LogP contribution in [0, 0.1) is 0 Å². The van der Waals surface area contributed by atoms with Crippen LogP contribution in [0.3, 0.4) is 0 Å². The molecule has 1 atom stereocenters. The fourth-order valence-electron chi connectivity index (χ4n) is 4.37. The van der Waals surface area contributed by atoms with E-state index in [0.29, 0.717) is 63.2 Å². The van der Waals surface area contributed by atoms with Gasteiger partial charge in [0, 0.05) is 5.56 Å². The van der Waals surface area contributed by atoms with Gasteiger partial charge in [-0.05, 0) is 57.5 Å². The first-order chi connectivity index (χ1) is 18.9. The van der Waals surface area contributed by atoms with Gasteiger partial charge in [-0.2, -0.15) is 0 Å². The highest BCUT2D eigenvalue weighted by molar-refractivity contribution is 7.07. The second kappa shape index (κ2) is 12.6. The van der Waals surface area contributed by atoms with Crippen LogP contribution in [-0.2, 0) is 9.53 Å². The third-order valence-corrected chi connectivity index (χ3v) is 6.95. The van der Waals surface area contributed by atoms with Gasteiger partial charge in [0.2, 0.25) is 0 Å². The van der Waals surface area contributed by atoms with E-state index in [1.54, 1.807) is 36.6 Å². The average molecular weight is 549 g/mol. The third kappa shape index (κ3) is 5.83. The number of nitrogens with zero attached hydrogens (tertiary/aromatic N) is 2. The van der Waals surface area contributed by atoms with Crippen LogP contribution in [-0.4, -0.2) is 37.0 Å². The summed E-state index contributed by atoms with van der Waals surface area (Å²) >= 11 is 1.25. The molecule has 0 aliphatic carbocycles. The lowest BCUT2D eigenvalue weighted by Gasteiger charge is -2.25. The summed E-state index contributed by atoms with van der Waals surface area (Å²) in [5.41, 5.74) is 1.96. The highest BCUT2D eigenvalue weighted by Gasteiger charge is 2.34. The molecule has 0 fully saturated rings. The SMILES string of the molecule is C=CCOc1ccccc1/C=c1\sc2n(c1=O)[C@@H](c1ccc(OCC)c(OCC)c1)C(C(=O)OCC)=C(C)N=2. The maximum atomic E-state index is 13.9. The van der Waals surface area contributed by atoms with E-state index in [-0.39, 0.29) is 12.2 Å². The van der Waals surface area contributed by atoms with Gasteiger partial charge < -0.3 is 18.9 Å². The first-order valence-corrected chi connectivity index (χ1v) is 13.7. The molecule has 0 saturated carbocycles. The number of allylic oxidation sites excluding steroid dienone is 1. The quantitative estimate of drug-likeness (QED) is 0.264. The fourth-order valence-corrected chi connectivity index (χ4v) is 5.40. The molecule has 0 amide bonds. The number of ether oxygens (including phenoxy) is 4. The van der Waals surface area contributed by atoms with Gasteiger partial charge in [-0.15, -0.1) is 0 Å². The Labute approximate surface area is 231 Å². The van der Waals surface area contributed by atoms with Crippen LogP contribution in [0.5, 0.6) is 17.2 Å². The van der Waals surface area contributed by atoms with E-state index in [1.807, 2.05) is 50.2 Å². The number of para-hydroxylation sites is 1. The molecule has 39 heavy (non-hydrogen) atoms. The van der Waals surface area contributed by atoms with Gasteiger partial charge in [0.15, 0.2) is 16.3 Å². The van der Waals surface area contributed by atoms with Gasteiger partial charge in [0.25, 0.3) is 5.56 Å². The molecular weight excluding hydrogens is 516 g/mol. The van der Waals surface area contributed by atoms with E-state index in [2.05, 4.69) is 11.6 Å². The molecule has 0 N–H and O–H groups in total. The Hall–Kier alpha value is -4.11. The van der Waals surface area contributed by atoms with Crippen molar-refractivity contribution in [1.82, 2.24) is 4.57 Å². The van der Waals surface area contributed by atoms with E-state index in [9.17, 15) is 9.59 Å². The fraction of sp³-hybridized carbons (Fsp3) is 0.300. The monoisotopic (exact) mass is 548 g/mol. The van der Waals surface area contributed by atoms with Crippen molar-refractivity contribution in [2.45, 2.75) is 33.7 Å². The van der Waals surface area contributed by atoms with Crippen molar-refractivity contribution in [2.75, 3.05) is 26.4 Å².